The number of nitrogens with one attached hydrogen (secondary N) is 3. The highest BCUT2D eigenvalue weighted by molar-refractivity contribution is 6.36. The third-order valence-corrected chi connectivity index (χ3v) is 5.70. The van der Waals surface area contributed by atoms with Gasteiger partial charge >= 0.3 is 0 Å². The van der Waals surface area contributed by atoms with Crippen LogP contribution in [0.1, 0.15) is 59.1 Å². The molecule has 10 heteroatoms. The number of carbonyl (C=O) groups is 2. The average molecular weight is 447 g/mol. The molecule has 0 radical (unpaired) electrons. The Morgan fingerprint density at radius 3 is 2.52 bits per heavy atom. The fourth-order valence-electron chi connectivity index (χ4n) is 3.57. The van der Waals surface area contributed by atoms with Crippen molar-refractivity contribution < 1.29 is 14.7 Å². The monoisotopic (exact) mass is 446 g/mol. The summed E-state index contributed by atoms with van der Waals surface area (Å²) in [4.78, 5) is 33.1. The van der Waals surface area contributed by atoms with Crippen molar-refractivity contribution in [2.45, 2.75) is 51.2 Å². The van der Waals surface area contributed by atoms with Gasteiger partial charge in [-0.2, -0.15) is 0 Å². The average Bonchev–Trinajstić information content (AvgIpc) is 2.76. The highest BCUT2D eigenvalue weighted by atomic mass is 35.5. The van der Waals surface area contributed by atoms with Gasteiger partial charge in [0.25, 0.3) is 11.8 Å². The van der Waals surface area contributed by atoms with Gasteiger partial charge in [0.2, 0.25) is 0 Å². The first kappa shape index (κ1) is 22.8. The topological polar surface area (TPSA) is 142 Å². The van der Waals surface area contributed by atoms with Gasteiger partial charge in [-0.05, 0) is 44.2 Å². The van der Waals surface area contributed by atoms with E-state index in [4.69, 9.17) is 17.3 Å². The maximum absolute atomic E-state index is 12.1. The second kappa shape index (κ2) is 9.93. The molecule has 1 saturated carbocycles. The number of nitrogens with zero attached hydrogens (tertiary/aromatic N) is 2. The number of hydrogen-bond donors (Lipinski definition) is 5. The van der Waals surface area contributed by atoms with E-state index in [1.54, 1.807) is 18.2 Å². The minimum Gasteiger partial charge on any atom is -0.393 e. The summed E-state index contributed by atoms with van der Waals surface area (Å²) < 4.78 is 0. The Bertz CT molecular complexity index is 976. The Morgan fingerprint density at radius 2 is 1.90 bits per heavy atom. The van der Waals surface area contributed by atoms with Gasteiger partial charge in [0.15, 0.2) is 11.5 Å². The number of aryl methyl sites for hydroxylation is 1. The largest absolute Gasteiger partial charge is 0.393 e. The van der Waals surface area contributed by atoms with Crippen molar-refractivity contribution in [2.24, 2.45) is 5.73 Å². The van der Waals surface area contributed by atoms with Crippen molar-refractivity contribution in [1.29, 1.82) is 0 Å². The van der Waals surface area contributed by atoms with Crippen molar-refractivity contribution >= 4 is 40.7 Å². The Hall–Kier alpha value is -2.91. The third-order valence-electron chi connectivity index (χ3n) is 5.30. The summed E-state index contributed by atoms with van der Waals surface area (Å²) in [5, 5.41) is 18.9. The molecule has 0 spiro atoms. The first-order chi connectivity index (χ1) is 14.8. The van der Waals surface area contributed by atoms with Crippen LogP contribution in [0.3, 0.4) is 0 Å². The van der Waals surface area contributed by atoms with Gasteiger partial charge in [0, 0.05) is 13.1 Å². The quantitative estimate of drug-likeness (QED) is 0.440. The molecule has 1 aliphatic carbocycles. The van der Waals surface area contributed by atoms with Gasteiger partial charge in [0.1, 0.15) is 5.82 Å². The van der Waals surface area contributed by atoms with Gasteiger partial charge < -0.3 is 26.8 Å². The number of rotatable bonds is 7. The maximum atomic E-state index is 12.1. The number of hydrogen-bond acceptors (Lipinski definition) is 7. The van der Waals surface area contributed by atoms with Crippen LogP contribution in [0.25, 0.3) is 0 Å². The van der Waals surface area contributed by atoms with Gasteiger partial charge in [-0.25, -0.2) is 9.97 Å². The number of carbonyl (C=O) groups excluding carboxylic acids is 2. The molecule has 0 aliphatic heterocycles. The molecule has 2 amide bonds. The number of aliphatic hydroxyl groups excluding tert-OH is 1. The normalized spacial score (nSPS) is 18.3. The van der Waals surface area contributed by atoms with E-state index >= 15 is 0 Å². The second-order valence-electron chi connectivity index (χ2n) is 7.45. The van der Waals surface area contributed by atoms with Crippen LogP contribution in [-0.4, -0.2) is 46.1 Å². The van der Waals surface area contributed by atoms with E-state index in [0.29, 0.717) is 23.6 Å². The molecule has 166 valence electrons. The van der Waals surface area contributed by atoms with Crippen molar-refractivity contribution in [2.75, 3.05) is 17.7 Å². The summed E-state index contributed by atoms with van der Waals surface area (Å²) in [5.74, 6) is -0.359. The molecule has 0 saturated heterocycles. The molecule has 3 rings (SSSR count). The van der Waals surface area contributed by atoms with E-state index in [2.05, 4.69) is 25.9 Å². The van der Waals surface area contributed by atoms with Crippen LogP contribution in [0, 0.1) is 0 Å². The van der Waals surface area contributed by atoms with Crippen LogP contribution < -0.4 is 21.7 Å². The minimum atomic E-state index is -0.726. The molecule has 1 aromatic carbocycles. The number of amides is 2. The Kier molecular flexibility index (Phi) is 7.29. The van der Waals surface area contributed by atoms with Gasteiger partial charge in [-0.15, -0.1) is 0 Å². The highest BCUT2D eigenvalue weighted by Crippen LogP contribution is 2.31. The molecular weight excluding hydrogens is 420 g/mol. The lowest BCUT2D eigenvalue weighted by molar-refractivity contribution is 0.0961. The Labute approximate surface area is 185 Å². The molecule has 2 aromatic rings. The molecule has 0 atom stereocenters. The fourth-order valence-corrected chi connectivity index (χ4v) is 3.83. The van der Waals surface area contributed by atoms with E-state index in [0.717, 1.165) is 25.7 Å². The van der Waals surface area contributed by atoms with Gasteiger partial charge in [-0.1, -0.05) is 24.6 Å². The van der Waals surface area contributed by atoms with Gasteiger partial charge in [0.05, 0.1) is 28.1 Å². The van der Waals surface area contributed by atoms with Gasteiger partial charge in [-0.3, -0.25) is 9.59 Å². The molecule has 1 aromatic heterocycles. The van der Waals surface area contributed by atoms with E-state index in [1.807, 2.05) is 6.92 Å². The zero-order valence-corrected chi connectivity index (χ0v) is 18.3. The standard InChI is InChI=1S/C21H27ClN6O3/c1-3-14-19(25-11-7-9-12(29)10-8-11)28-20(17(26-14)18(23)30)27-15-6-4-5-13(16(15)22)21(31)24-2/h4-6,11-12,29H,3,7-10H2,1-2H3,(H2,23,30)(H,24,31)(H2,25,27,28). The molecule has 9 nitrogen and oxygen atoms in total. The maximum Gasteiger partial charge on any atom is 0.271 e. The predicted molar refractivity (Wildman–Crippen MR) is 120 cm³/mol. The van der Waals surface area contributed by atoms with E-state index in [1.165, 1.54) is 7.05 Å². The van der Waals surface area contributed by atoms with E-state index < -0.39 is 5.91 Å². The lowest BCUT2D eigenvalue weighted by Gasteiger charge is -2.27. The van der Waals surface area contributed by atoms with Crippen molar-refractivity contribution in [3.8, 4) is 0 Å². The summed E-state index contributed by atoms with van der Waals surface area (Å²) >= 11 is 6.40. The molecule has 0 bridgehead atoms. The van der Waals surface area contributed by atoms with Crippen LogP contribution in [0.5, 0.6) is 0 Å². The van der Waals surface area contributed by atoms with E-state index in [-0.39, 0.29) is 40.2 Å². The summed E-state index contributed by atoms with van der Waals surface area (Å²) in [7, 11) is 1.51. The number of benzene rings is 1. The van der Waals surface area contributed by atoms with E-state index in [9.17, 15) is 14.7 Å². The van der Waals surface area contributed by atoms with Crippen LogP contribution in [0.4, 0.5) is 17.3 Å². The van der Waals surface area contributed by atoms with Crippen LogP contribution in [-0.2, 0) is 6.42 Å². The minimum absolute atomic E-state index is 0.0112. The lowest BCUT2D eigenvalue weighted by Crippen LogP contribution is -2.29. The molecule has 1 heterocycles. The number of nitrogens with two attached hydrogens (primary N) is 1. The number of anilines is 3. The first-order valence-corrected chi connectivity index (χ1v) is 10.6. The first-order valence-electron chi connectivity index (χ1n) is 10.3. The van der Waals surface area contributed by atoms with Crippen LogP contribution in [0.15, 0.2) is 18.2 Å². The SMILES string of the molecule is CCc1nc(C(N)=O)c(Nc2cccc(C(=O)NC)c2Cl)nc1NC1CCC(O)CC1. The molecule has 6 N–H and O–H groups in total. The number of aromatic nitrogens is 2. The zero-order chi connectivity index (χ0) is 22.5. The summed E-state index contributed by atoms with van der Waals surface area (Å²) in [6, 6.07) is 5.08. The molecule has 1 fully saturated rings. The summed E-state index contributed by atoms with van der Waals surface area (Å²) in [6.07, 6.45) is 3.35. The number of primary amides is 1. The molecular formula is C21H27ClN6O3. The number of aliphatic hydroxyl groups is 1. The van der Waals surface area contributed by atoms with Crippen molar-refractivity contribution in [3.05, 3.63) is 40.2 Å². The third kappa shape index (κ3) is 5.23. The molecule has 31 heavy (non-hydrogen) atoms. The van der Waals surface area contributed by atoms with Crippen LogP contribution >= 0.6 is 11.6 Å². The van der Waals surface area contributed by atoms with Crippen molar-refractivity contribution in [1.82, 2.24) is 15.3 Å². The smallest absolute Gasteiger partial charge is 0.271 e. The summed E-state index contributed by atoms with van der Waals surface area (Å²) in [5.41, 5.74) is 6.85. The molecule has 0 unspecified atom stereocenters. The fraction of sp³-hybridized carbons (Fsp3) is 0.429. The van der Waals surface area contributed by atoms with Crippen molar-refractivity contribution in [3.63, 3.8) is 0 Å². The second-order valence-corrected chi connectivity index (χ2v) is 7.83. The lowest BCUT2D eigenvalue weighted by atomic mass is 9.93. The van der Waals surface area contributed by atoms with Crippen LogP contribution in [0.2, 0.25) is 5.02 Å². The Morgan fingerprint density at radius 1 is 1.19 bits per heavy atom. The molecule has 1 aliphatic rings. The Balaban J connectivity index is 1.97. The number of halogens is 1. The highest BCUT2D eigenvalue weighted by Gasteiger charge is 2.23. The summed E-state index contributed by atoms with van der Waals surface area (Å²) in [6.45, 7) is 1.92. The predicted octanol–water partition coefficient (Wildman–Crippen LogP) is 2.61. The zero-order valence-electron chi connectivity index (χ0n) is 17.5.